The summed E-state index contributed by atoms with van der Waals surface area (Å²) < 4.78 is 4.51. The summed E-state index contributed by atoms with van der Waals surface area (Å²) in [6.07, 6.45) is 4.07. The lowest BCUT2D eigenvalue weighted by molar-refractivity contribution is -0.136. The predicted molar refractivity (Wildman–Crippen MR) is 43.5 cm³/mol. The second-order valence-corrected chi connectivity index (χ2v) is 2.52. The Morgan fingerprint density at radius 2 is 1.92 bits per heavy atom. The number of hydrogen-bond donors (Lipinski definition) is 0. The quantitative estimate of drug-likeness (QED) is 0.575. The molecule has 0 fully saturated rings. The van der Waals surface area contributed by atoms with Crippen molar-refractivity contribution in [2.45, 2.75) is 13.3 Å². The molecule has 3 nitrogen and oxygen atoms in total. The second-order valence-electron chi connectivity index (χ2n) is 2.52. The molecule has 0 aromatic carbocycles. The van der Waals surface area contributed by atoms with Gasteiger partial charge in [-0.15, -0.1) is 0 Å². The van der Waals surface area contributed by atoms with Gasteiger partial charge in [-0.05, 0) is 13.3 Å². The van der Waals surface area contributed by atoms with Gasteiger partial charge in [-0.2, -0.15) is 0 Å². The van der Waals surface area contributed by atoms with Crippen LogP contribution in [-0.4, -0.2) is 18.9 Å². The zero-order valence-electron chi connectivity index (χ0n) is 7.09. The van der Waals surface area contributed by atoms with Crippen LogP contribution in [0.3, 0.4) is 0 Å². The Morgan fingerprint density at radius 1 is 1.33 bits per heavy atom. The molecule has 1 aliphatic rings. The molecular weight excluding hydrogens is 156 g/mol. The molecule has 0 amide bonds. The summed E-state index contributed by atoms with van der Waals surface area (Å²) in [7, 11) is 1.30. The number of hydrogen-bond acceptors (Lipinski definition) is 3. The maximum atomic E-state index is 11.0. The van der Waals surface area contributed by atoms with E-state index in [1.807, 2.05) is 0 Å². The molecule has 0 spiro atoms. The van der Waals surface area contributed by atoms with Crippen molar-refractivity contribution in [2.24, 2.45) is 0 Å². The molecule has 0 N–H and O–H groups in total. The van der Waals surface area contributed by atoms with Gasteiger partial charge in [0.25, 0.3) is 0 Å². The van der Waals surface area contributed by atoms with Crippen LogP contribution in [0.2, 0.25) is 0 Å². The molecule has 0 saturated carbocycles. The molecular formula is C9H10O3. The predicted octanol–water partition coefficient (Wildman–Crippen LogP) is 1.00. The molecule has 64 valence electrons. The average Bonchev–Trinajstić information content (AvgIpc) is 2.50. The molecule has 12 heavy (non-hydrogen) atoms. The van der Waals surface area contributed by atoms with Gasteiger partial charge in [0, 0.05) is 5.57 Å². The number of rotatable bonds is 2. The van der Waals surface area contributed by atoms with Crippen molar-refractivity contribution in [1.82, 2.24) is 0 Å². The van der Waals surface area contributed by atoms with Crippen molar-refractivity contribution in [3.05, 3.63) is 23.3 Å². The number of carbonyl (C=O) groups is 2. The minimum Gasteiger partial charge on any atom is -0.465 e. The van der Waals surface area contributed by atoms with Gasteiger partial charge in [0.2, 0.25) is 0 Å². The Morgan fingerprint density at radius 3 is 2.42 bits per heavy atom. The minimum absolute atomic E-state index is 0.0934. The number of Topliss-reactive ketones (excluding diaryl/α,β-unsaturated/α-hetero) is 1. The topological polar surface area (TPSA) is 43.4 Å². The second kappa shape index (κ2) is 3.34. The summed E-state index contributed by atoms with van der Waals surface area (Å²) in [4.78, 5) is 22.0. The summed E-state index contributed by atoms with van der Waals surface area (Å²) >= 11 is 0. The Bertz CT molecular complexity index is 284. The van der Waals surface area contributed by atoms with Gasteiger partial charge in [-0.25, -0.2) is 4.79 Å². The van der Waals surface area contributed by atoms with Gasteiger partial charge < -0.3 is 4.74 Å². The van der Waals surface area contributed by atoms with Gasteiger partial charge in [-0.3, -0.25) is 4.79 Å². The van der Waals surface area contributed by atoms with Gasteiger partial charge in [-0.1, -0.05) is 12.2 Å². The van der Waals surface area contributed by atoms with Gasteiger partial charge >= 0.3 is 5.97 Å². The third-order valence-electron chi connectivity index (χ3n) is 1.72. The number of esters is 1. The number of carbonyl (C=O) groups excluding carboxylic acids is 2. The van der Waals surface area contributed by atoms with E-state index in [1.54, 1.807) is 12.2 Å². The standard InChI is InChI=1S/C9H10O3/c1-6(10)7-4-3-5-8(7)9(11)12-2/h4-5H,3H2,1-2H3. The maximum absolute atomic E-state index is 11.0. The number of ketones is 1. The van der Waals surface area contributed by atoms with Crippen molar-refractivity contribution in [3.8, 4) is 0 Å². The van der Waals surface area contributed by atoms with E-state index in [0.717, 1.165) is 0 Å². The zero-order chi connectivity index (χ0) is 9.14. The first-order chi connectivity index (χ1) is 5.66. The van der Waals surface area contributed by atoms with E-state index in [2.05, 4.69) is 4.74 Å². The lowest BCUT2D eigenvalue weighted by atomic mass is 10.1. The maximum Gasteiger partial charge on any atom is 0.338 e. The highest BCUT2D eigenvalue weighted by molar-refractivity contribution is 6.09. The van der Waals surface area contributed by atoms with E-state index in [9.17, 15) is 9.59 Å². The highest BCUT2D eigenvalue weighted by atomic mass is 16.5. The zero-order valence-corrected chi connectivity index (χ0v) is 7.09. The molecule has 0 bridgehead atoms. The van der Waals surface area contributed by atoms with E-state index in [1.165, 1.54) is 14.0 Å². The molecule has 3 heteroatoms. The summed E-state index contributed by atoms with van der Waals surface area (Å²) in [5, 5.41) is 0. The van der Waals surface area contributed by atoms with E-state index in [4.69, 9.17) is 0 Å². The van der Waals surface area contributed by atoms with E-state index in [0.29, 0.717) is 17.6 Å². The Balaban J connectivity index is 2.87. The van der Waals surface area contributed by atoms with Crippen molar-refractivity contribution in [1.29, 1.82) is 0 Å². The lowest BCUT2D eigenvalue weighted by Gasteiger charge is -2.01. The first kappa shape index (κ1) is 8.71. The largest absolute Gasteiger partial charge is 0.465 e. The van der Waals surface area contributed by atoms with Crippen LogP contribution in [0.1, 0.15) is 13.3 Å². The summed E-state index contributed by atoms with van der Waals surface area (Å²) in [6.45, 7) is 1.44. The van der Waals surface area contributed by atoms with E-state index in [-0.39, 0.29) is 5.78 Å². The molecule has 0 aromatic rings. The SMILES string of the molecule is COC(=O)C1=CCC=C1C(C)=O. The molecule has 1 aliphatic carbocycles. The van der Waals surface area contributed by atoms with Crippen LogP contribution >= 0.6 is 0 Å². The van der Waals surface area contributed by atoms with Gasteiger partial charge in [0.05, 0.1) is 12.7 Å². The number of allylic oxidation sites excluding steroid dienone is 2. The first-order valence-electron chi connectivity index (χ1n) is 3.66. The van der Waals surface area contributed by atoms with Crippen LogP contribution in [0, 0.1) is 0 Å². The fraction of sp³-hybridized carbons (Fsp3) is 0.333. The minimum atomic E-state index is -0.436. The third-order valence-corrected chi connectivity index (χ3v) is 1.72. The monoisotopic (exact) mass is 166 g/mol. The molecule has 0 unspecified atom stereocenters. The Labute approximate surface area is 70.7 Å². The summed E-state index contributed by atoms with van der Waals surface area (Å²) in [6, 6.07) is 0. The fourth-order valence-corrected chi connectivity index (χ4v) is 1.15. The van der Waals surface area contributed by atoms with Crippen molar-refractivity contribution < 1.29 is 14.3 Å². The molecule has 0 radical (unpaired) electrons. The molecule has 0 aromatic heterocycles. The molecule has 0 heterocycles. The van der Waals surface area contributed by atoms with E-state index < -0.39 is 5.97 Å². The average molecular weight is 166 g/mol. The smallest absolute Gasteiger partial charge is 0.338 e. The lowest BCUT2D eigenvalue weighted by Crippen LogP contribution is -2.09. The van der Waals surface area contributed by atoms with Crippen molar-refractivity contribution in [3.63, 3.8) is 0 Å². The van der Waals surface area contributed by atoms with Crippen LogP contribution in [-0.2, 0) is 14.3 Å². The van der Waals surface area contributed by atoms with Gasteiger partial charge in [0.15, 0.2) is 5.78 Å². The van der Waals surface area contributed by atoms with Crippen molar-refractivity contribution in [2.75, 3.05) is 7.11 Å². The normalized spacial score (nSPS) is 15.2. The first-order valence-corrected chi connectivity index (χ1v) is 3.66. The van der Waals surface area contributed by atoms with Crippen molar-refractivity contribution >= 4 is 11.8 Å². The Kier molecular flexibility index (Phi) is 2.43. The Hall–Kier alpha value is -1.38. The van der Waals surface area contributed by atoms with Gasteiger partial charge in [0.1, 0.15) is 0 Å². The van der Waals surface area contributed by atoms with Crippen LogP contribution in [0.4, 0.5) is 0 Å². The molecule has 0 saturated heterocycles. The van der Waals surface area contributed by atoms with Crippen LogP contribution < -0.4 is 0 Å². The number of ether oxygens (including phenoxy) is 1. The van der Waals surface area contributed by atoms with E-state index >= 15 is 0 Å². The highest BCUT2D eigenvalue weighted by Crippen LogP contribution is 2.20. The van der Waals surface area contributed by atoms with Crippen LogP contribution in [0.15, 0.2) is 23.3 Å². The highest BCUT2D eigenvalue weighted by Gasteiger charge is 2.20. The third kappa shape index (κ3) is 1.44. The molecule has 1 rings (SSSR count). The molecule has 0 aliphatic heterocycles. The fourth-order valence-electron chi connectivity index (χ4n) is 1.15. The summed E-state index contributed by atoms with van der Waals surface area (Å²) in [5.74, 6) is -0.530. The van der Waals surface area contributed by atoms with Crippen LogP contribution in [0.25, 0.3) is 0 Å². The summed E-state index contributed by atoms with van der Waals surface area (Å²) in [5.41, 5.74) is 0.867. The number of methoxy groups -OCH3 is 1. The molecule has 0 atom stereocenters. The van der Waals surface area contributed by atoms with Crippen LogP contribution in [0.5, 0.6) is 0 Å².